The number of alkyl halides is 3. The number of hydrogen-bond donors (Lipinski definition) is 0. The van der Waals surface area contributed by atoms with Crippen molar-refractivity contribution < 1.29 is 13.2 Å². The summed E-state index contributed by atoms with van der Waals surface area (Å²) in [5.41, 5.74) is -1.39. The zero-order chi connectivity index (χ0) is 11.9. The fourth-order valence-corrected chi connectivity index (χ4v) is 1.57. The van der Waals surface area contributed by atoms with E-state index in [4.69, 9.17) is 16.9 Å². The molecule has 0 atom stereocenters. The lowest BCUT2D eigenvalue weighted by Crippen LogP contribution is -2.07. The Labute approximate surface area is 92.7 Å². The molecule has 0 aliphatic rings. The van der Waals surface area contributed by atoms with Crippen LogP contribution in [-0.2, 0) is 6.18 Å². The van der Waals surface area contributed by atoms with E-state index in [1.165, 1.54) is 12.3 Å². The number of nitrogens with zero attached hydrogens (tertiary/aromatic N) is 3. The predicted octanol–water partition coefficient (Wildman–Crippen LogP) is 2.88. The van der Waals surface area contributed by atoms with Gasteiger partial charge in [-0.05, 0) is 12.1 Å². The number of hydrogen-bond acceptors (Lipinski definition) is 2. The summed E-state index contributed by atoms with van der Waals surface area (Å²) in [5.74, 6) is 0. The quantitative estimate of drug-likeness (QED) is 0.716. The SMILES string of the molecule is N#Cc1c(Cl)nc2c(C(F)(F)F)cccn12. The zero-order valence-electron chi connectivity index (χ0n) is 7.59. The van der Waals surface area contributed by atoms with Crippen molar-refractivity contribution in [2.24, 2.45) is 0 Å². The van der Waals surface area contributed by atoms with Crippen LogP contribution >= 0.6 is 11.6 Å². The average molecular weight is 246 g/mol. The van der Waals surface area contributed by atoms with Crippen LogP contribution in [0.4, 0.5) is 13.2 Å². The van der Waals surface area contributed by atoms with Crippen molar-refractivity contribution >= 4 is 17.2 Å². The average Bonchev–Trinajstić information content (AvgIpc) is 2.50. The van der Waals surface area contributed by atoms with Crippen LogP contribution in [0.1, 0.15) is 11.3 Å². The summed E-state index contributed by atoms with van der Waals surface area (Å²) in [6, 6.07) is 3.78. The first-order chi connectivity index (χ1) is 7.45. The van der Waals surface area contributed by atoms with E-state index in [2.05, 4.69) is 4.98 Å². The van der Waals surface area contributed by atoms with Crippen molar-refractivity contribution in [1.29, 1.82) is 5.26 Å². The van der Waals surface area contributed by atoms with Crippen LogP contribution in [0.2, 0.25) is 5.15 Å². The molecule has 16 heavy (non-hydrogen) atoms. The molecule has 0 spiro atoms. The molecule has 0 amide bonds. The third kappa shape index (κ3) is 1.49. The van der Waals surface area contributed by atoms with E-state index in [9.17, 15) is 13.2 Å². The summed E-state index contributed by atoms with van der Waals surface area (Å²) >= 11 is 5.57. The van der Waals surface area contributed by atoms with Crippen molar-refractivity contribution in [2.45, 2.75) is 6.18 Å². The van der Waals surface area contributed by atoms with E-state index in [0.717, 1.165) is 10.5 Å². The monoisotopic (exact) mass is 245 g/mol. The summed E-state index contributed by atoms with van der Waals surface area (Å²) in [6.45, 7) is 0. The first-order valence-corrected chi connectivity index (χ1v) is 4.47. The number of fused-ring (bicyclic) bond motifs is 1. The fraction of sp³-hybridized carbons (Fsp3) is 0.111. The van der Waals surface area contributed by atoms with Crippen LogP contribution in [-0.4, -0.2) is 9.38 Å². The molecular formula is C9H3ClF3N3. The van der Waals surface area contributed by atoms with Gasteiger partial charge in [0, 0.05) is 6.20 Å². The second-order valence-electron chi connectivity index (χ2n) is 2.98. The molecule has 2 aromatic rings. The van der Waals surface area contributed by atoms with Crippen molar-refractivity contribution in [3.63, 3.8) is 0 Å². The van der Waals surface area contributed by atoms with E-state index in [1.54, 1.807) is 6.07 Å². The van der Waals surface area contributed by atoms with Gasteiger partial charge in [0.1, 0.15) is 6.07 Å². The Morgan fingerprint density at radius 3 is 2.69 bits per heavy atom. The molecule has 0 aromatic carbocycles. The van der Waals surface area contributed by atoms with Crippen LogP contribution in [0.5, 0.6) is 0 Å². The second-order valence-corrected chi connectivity index (χ2v) is 3.33. The molecule has 0 unspecified atom stereocenters. The topological polar surface area (TPSA) is 41.1 Å². The minimum absolute atomic E-state index is 0.109. The largest absolute Gasteiger partial charge is 0.419 e. The van der Waals surface area contributed by atoms with Crippen molar-refractivity contribution in [2.75, 3.05) is 0 Å². The molecule has 0 fully saturated rings. The van der Waals surface area contributed by atoms with Gasteiger partial charge in [-0.25, -0.2) is 4.98 Å². The third-order valence-corrected chi connectivity index (χ3v) is 2.28. The first-order valence-electron chi connectivity index (χ1n) is 4.09. The van der Waals surface area contributed by atoms with Crippen LogP contribution in [0.15, 0.2) is 18.3 Å². The highest BCUT2D eigenvalue weighted by molar-refractivity contribution is 6.30. The number of halogens is 4. The van der Waals surface area contributed by atoms with Gasteiger partial charge in [0.2, 0.25) is 0 Å². The van der Waals surface area contributed by atoms with Gasteiger partial charge in [0.25, 0.3) is 0 Å². The lowest BCUT2D eigenvalue weighted by molar-refractivity contribution is -0.136. The Morgan fingerprint density at radius 1 is 1.44 bits per heavy atom. The van der Waals surface area contributed by atoms with Crippen LogP contribution in [0, 0.1) is 11.3 Å². The number of imidazole rings is 1. The molecule has 82 valence electrons. The molecular weight excluding hydrogens is 243 g/mol. The van der Waals surface area contributed by atoms with Crippen molar-refractivity contribution in [3.05, 3.63) is 34.7 Å². The van der Waals surface area contributed by atoms with Gasteiger partial charge in [-0.1, -0.05) is 11.6 Å². The third-order valence-electron chi connectivity index (χ3n) is 2.02. The maximum atomic E-state index is 12.6. The molecule has 0 radical (unpaired) electrons. The highest BCUT2D eigenvalue weighted by Gasteiger charge is 2.34. The van der Waals surface area contributed by atoms with Gasteiger partial charge in [-0.3, -0.25) is 4.40 Å². The first kappa shape index (κ1) is 10.8. The number of aromatic nitrogens is 2. The Hall–Kier alpha value is -1.74. The van der Waals surface area contributed by atoms with Crippen molar-refractivity contribution in [3.8, 4) is 6.07 Å². The molecule has 0 N–H and O–H groups in total. The fourth-order valence-electron chi connectivity index (χ4n) is 1.36. The van der Waals surface area contributed by atoms with Crippen LogP contribution in [0.25, 0.3) is 5.65 Å². The number of pyridine rings is 1. The van der Waals surface area contributed by atoms with Crippen molar-refractivity contribution in [1.82, 2.24) is 9.38 Å². The normalized spacial score (nSPS) is 11.7. The molecule has 2 rings (SSSR count). The predicted molar refractivity (Wildman–Crippen MR) is 49.9 cm³/mol. The zero-order valence-corrected chi connectivity index (χ0v) is 8.34. The molecule has 2 heterocycles. The molecule has 0 bridgehead atoms. The summed E-state index contributed by atoms with van der Waals surface area (Å²) in [6.07, 6.45) is -3.22. The molecule has 0 aliphatic heterocycles. The summed E-state index contributed by atoms with van der Waals surface area (Å²) in [7, 11) is 0. The Morgan fingerprint density at radius 2 is 2.12 bits per heavy atom. The summed E-state index contributed by atoms with van der Waals surface area (Å²) in [4.78, 5) is 3.54. The summed E-state index contributed by atoms with van der Waals surface area (Å²) in [5, 5.41) is 8.49. The molecule has 0 saturated heterocycles. The summed E-state index contributed by atoms with van der Waals surface area (Å²) < 4.78 is 38.8. The van der Waals surface area contributed by atoms with Gasteiger partial charge in [0.15, 0.2) is 16.5 Å². The Kier molecular flexibility index (Phi) is 2.28. The standard InChI is InChI=1S/C9H3ClF3N3/c10-7-6(4-14)16-3-1-2-5(8(16)15-7)9(11,12)13/h1-3H. The molecule has 0 aliphatic carbocycles. The van der Waals surface area contributed by atoms with E-state index in [1.807, 2.05) is 0 Å². The minimum atomic E-state index is -4.52. The van der Waals surface area contributed by atoms with Gasteiger partial charge in [-0.15, -0.1) is 0 Å². The maximum absolute atomic E-state index is 12.6. The van der Waals surface area contributed by atoms with E-state index < -0.39 is 11.7 Å². The van der Waals surface area contributed by atoms with Gasteiger partial charge >= 0.3 is 6.18 Å². The van der Waals surface area contributed by atoms with Gasteiger partial charge in [-0.2, -0.15) is 18.4 Å². The lowest BCUT2D eigenvalue weighted by atomic mass is 10.2. The maximum Gasteiger partial charge on any atom is 0.419 e. The molecule has 3 nitrogen and oxygen atoms in total. The van der Waals surface area contributed by atoms with Gasteiger partial charge < -0.3 is 0 Å². The van der Waals surface area contributed by atoms with E-state index in [-0.39, 0.29) is 16.5 Å². The highest BCUT2D eigenvalue weighted by atomic mass is 35.5. The van der Waals surface area contributed by atoms with E-state index in [0.29, 0.717) is 0 Å². The minimum Gasteiger partial charge on any atom is -0.289 e. The lowest BCUT2D eigenvalue weighted by Gasteiger charge is -2.07. The van der Waals surface area contributed by atoms with E-state index >= 15 is 0 Å². The highest BCUT2D eigenvalue weighted by Crippen LogP contribution is 2.33. The van der Waals surface area contributed by atoms with Crippen LogP contribution in [0.3, 0.4) is 0 Å². The number of rotatable bonds is 0. The molecule has 2 aromatic heterocycles. The number of nitriles is 1. The Balaban J connectivity index is 2.87. The Bertz CT molecular complexity index is 594. The molecule has 7 heteroatoms. The molecule has 0 saturated carbocycles. The smallest absolute Gasteiger partial charge is 0.289 e. The van der Waals surface area contributed by atoms with Gasteiger partial charge in [0.05, 0.1) is 5.56 Å². The van der Waals surface area contributed by atoms with Crippen LogP contribution < -0.4 is 0 Å². The second kappa shape index (κ2) is 3.39.